The molecule has 0 aromatic heterocycles. The van der Waals surface area contributed by atoms with Crippen LogP contribution < -0.4 is 5.73 Å². The molecule has 3 N–H and O–H groups in total. The summed E-state index contributed by atoms with van der Waals surface area (Å²) in [5.41, 5.74) is 4.88. The maximum atomic E-state index is 10.3. The summed E-state index contributed by atoms with van der Waals surface area (Å²) in [6.45, 7) is 1.70. The predicted octanol–water partition coefficient (Wildman–Crippen LogP) is -0.224. The third-order valence-electron chi connectivity index (χ3n) is 1.42. The Morgan fingerprint density at radius 1 is 1.58 bits per heavy atom. The summed E-state index contributed by atoms with van der Waals surface area (Å²) in [7, 11) is -3.91. The second-order valence-electron chi connectivity index (χ2n) is 2.85. The van der Waals surface area contributed by atoms with Crippen molar-refractivity contribution in [2.24, 2.45) is 11.7 Å². The van der Waals surface area contributed by atoms with Gasteiger partial charge in [-0.3, -0.25) is 9.35 Å². The van der Waals surface area contributed by atoms with E-state index in [0.717, 1.165) is 0 Å². The molecule has 0 aliphatic carbocycles. The van der Waals surface area contributed by atoms with Crippen molar-refractivity contribution in [2.75, 3.05) is 5.75 Å². The van der Waals surface area contributed by atoms with Gasteiger partial charge in [0.05, 0.1) is 5.75 Å². The van der Waals surface area contributed by atoms with Crippen molar-refractivity contribution in [1.82, 2.24) is 0 Å². The molecule has 0 aromatic carbocycles. The number of carbonyl (C=O) groups is 1. The van der Waals surface area contributed by atoms with Crippen molar-refractivity contribution in [3.8, 4) is 0 Å². The molecular formula is C6H13NO4S. The second kappa shape index (κ2) is 4.42. The lowest BCUT2D eigenvalue weighted by Gasteiger charge is -2.06. The molecular weight excluding hydrogens is 182 g/mol. The molecule has 0 fully saturated rings. The topological polar surface area (TPSA) is 97.5 Å². The number of rotatable bonds is 5. The maximum absolute atomic E-state index is 10.3. The van der Waals surface area contributed by atoms with E-state index in [1.54, 1.807) is 6.92 Å². The van der Waals surface area contributed by atoms with E-state index in [1.165, 1.54) is 0 Å². The Hall–Kier alpha value is -0.620. The first-order valence-corrected chi connectivity index (χ1v) is 5.15. The Labute approximate surface area is 71.7 Å². The summed E-state index contributed by atoms with van der Waals surface area (Å²) in [6.07, 6.45) is 0.400. The number of amides is 1. The van der Waals surface area contributed by atoms with Crippen LogP contribution in [0.3, 0.4) is 0 Å². The maximum Gasteiger partial charge on any atom is 0.264 e. The molecule has 6 heteroatoms. The average molecular weight is 195 g/mol. The van der Waals surface area contributed by atoms with Crippen molar-refractivity contribution in [3.63, 3.8) is 0 Å². The first-order valence-electron chi connectivity index (χ1n) is 3.54. The van der Waals surface area contributed by atoms with E-state index < -0.39 is 16.0 Å². The average Bonchev–Trinajstić information content (AvgIpc) is 1.80. The van der Waals surface area contributed by atoms with Gasteiger partial charge < -0.3 is 5.73 Å². The molecule has 0 aliphatic heterocycles. The molecule has 1 unspecified atom stereocenters. The first kappa shape index (κ1) is 11.4. The fraction of sp³-hybridized carbons (Fsp3) is 0.833. The van der Waals surface area contributed by atoms with Gasteiger partial charge >= 0.3 is 0 Å². The zero-order valence-corrected chi connectivity index (χ0v) is 7.67. The quantitative estimate of drug-likeness (QED) is 0.592. The van der Waals surface area contributed by atoms with E-state index >= 15 is 0 Å². The van der Waals surface area contributed by atoms with Crippen LogP contribution in [0.1, 0.15) is 19.8 Å². The van der Waals surface area contributed by atoms with Crippen LogP contribution in [0, 0.1) is 5.92 Å². The normalized spacial score (nSPS) is 14.2. The van der Waals surface area contributed by atoms with E-state index in [0.29, 0.717) is 0 Å². The molecule has 0 heterocycles. The monoisotopic (exact) mass is 195 g/mol. The molecule has 0 aliphatic rings. The molecule has 0 saturated carbocycles. The van der Waals surface area contributed by atoms with E-state index in [9.17, 15) is 13.2 Å². The minimum absolute atomic E-state index is 0.107. The zero-order chi connectivity index (χ0) is 9.78. The van der Waals surface area contributed by atoms with Crippen LogP contribution in [0.5, 0.6) is 0 Å². The summed E-state index contributed by atoms with van der Waals surface area (Å²) >= 11 is 0. The smallest absolute Gasteiger partial charge is 0.264 e. The van der Waals surface area contributed by atoms with Gasteiger partial charge in [-0.05, 0) is 12.3 Å². The third-order valence-corrected chi connectivity index (χ3v) is 2.17. The van der Waals surface area contributed by atoms with E-state index in [1.807, 2.05) is 0 Å². The molecule has 0 bridgehead atoms. The van der Waals surface area contributed by atoms with Gasteiger partial charge in [0, 0.05) is 6.42 Å². The van der Waals surface area contributed by atoms with Crippen LogP contribution in [0.25, 0.3) is 0 Å². The van der Waals surface area contributed by atoms with Gasteiger partial charge in [0.25, 0.3) is 10.1 Å². The van der Waals surface area contributed by atoms with Gasteiger partial charge in [0.2, 0.25) is 5.91 Å². The molecule has 0 radical (unpaired) electrons. The highest BCUT2D eigenvalue weighted by Crippen LogP contribution is 2.07. The third kappa shape index (κ3) is 7.49. The number of nitrogens with two attached hydrogens (primary N) is 1. The highest BCUT2D eigenvalue weighted by atomic mass is 32.2. The highest BCUT2D eigenvalue weighted by molar-refractivity contribution is 7.85. The van der Waals surface area contributed by atoms with Crippen molar-refractivity contribution >= 4 is 16.0 Å². The van der Waals surface area contributed by atoms with Crippen LogP contribution in [0.4, 0.5) is 0 Å². The minimum Gasteiger partial charge on any atom is -0.370 e. The molecule has 0 saturated heterocycles. The summed E-state index contributed by atoms with van der Waals surface area (Å²) in [6, 6.07) is 0. The second-order valence-corrected chi connectivity index (χ2v) is 4.42. The van der Waals surface area contributed by atoms with Gasteiger partial charge in [0.15, 0.2) is 0 Å². The predicted molar refractivity (Wildman–Crippen MR) is 44.0 cm³/mol. The SMILES string of the molecule is CC(CCS(=O)(=O)O)CC(N)=O. The van der Waals surface area contributed by atoms with Crippen LogP contribution in [0.15, 0.2) is 0 Å². The fourth-order valence-electron chi connectivity index (χ4n) is 0.796. The van der Waals surface area contributed by atoms with Crippen molar-refractivity contribution in [2.45, 2.75) is 19.8 Å². The molecule has 12 heavy (non-hydrogen) atoms. The molecule has 0 spiro atoms. The molecule has 72 valence electrons. The largest absolute Gasteiger partial charge is 0.370 e. The number of primary amides is 1. The van der Waals surface area contributed by atoms with Crippen LogP contribution in [0.2, 0.25) is 0 Å². The molecule has 0 aromatic rings. The van der Waals surface area contributed by atoms with Crippen molar-refractivity contribution in [1.29, 1.82) is 0 Å². The number of carbonyl (C=O) groups excluding carboxylic acids is 1. The fourth-order valence-corrected chi connectivity index (χ4v) is 1.50. The van der Waals surface area contributed by atoms with Gasteiger partial charge in [-0.25, -0.2) is 0 Å². The van der Waals surface area contributed by atoms with Gasteiger partial charge in [-0.1, -0.05) is 6.92 Å². The van der Waals surface area contributed by atoms with E-state index in [2.05, 4.69) is 0 Å². The van der Waals surface area contributed by atoms with Gasteiger partial charge in [0.1, 0.15) is 0 Å². The van der Waals surface area contributed by atoms with E-state index in [4.69, 9.17) is 10.3 Å². The Morgan fingerprint density at radius 2 is 2.08 bits per heavy atom. The number of hydrogen-bond acceptors (Lipinski definition) is 3. The summed E-state index contributed by atoms with van der Waals surface area (Å²) < 4.78 is 28.9. The first-order chi connectivity index (χ1) is 5.31. The Balaban J connectivity index is 3.72. The van der Waals surface area contributed by atoms with Crippen LogP contribution in [-0.4, -0.2) is 24.6 Å². The minimum atomic E-state index is -3.91. The summed E-state index contributed by atoms with van der Waals surface area (Å²) in [5, 5.41) is 0. The molecule has 1 amide bonds. The van der Waals surface area contributed by atoms with Crippen LogP contribution in [-0.2, 0) is 14.9 Å². The van der Waals surface area contributed by atoms with Crippen molar-refractivity contribution < 1.29 is 17.8 Å². The molecule has 5 nitrogen and oxygen atoms in total. The van der Waals surface area contributed by atoms with Gasteiger partial charge in [-0.2, -0.15) is 8.42 Å². The lowest BCUT2D eigenvalue weighted by Crippen LogP contribution is -2.17. The lowest BCUT2D eigenvalue weighted by atomic mass is 10.1. The number of hydrogen-bond donors (Lipinski definition) is 2. The van der Waals surface area contributed by atoms with Gasteiger partial charge in [-0.15, -0.1) is 0 Å². The molecule has 1 atom stereocenters. The lowest BCUT2D eigenvalue weighted by molar-refractivity contribution is -0.118. The van der Waals surface area contributed by atoms with E-state index in [-0.39, 0.29) is 24.5 Å². The Bertz CT molecular complexity index is 246. The standard InChI is InChI=1S/C6H13NO4S/c1-5(4-6(7)8)2-3-12(9,10)11/h5H,2-4H2,1H3,(H2,7,8)(H,9,10,11). The Morgan fingerprint density at radius 3 is 2.42 bits per heavy atom. The van der Waals surface area contributed by atoms with Crippen molar-refractivity contribution in [3.05, 3.63) is 0 Å². The zero-order valence-electron chi connectivity index (χ0n) is 6.86. The summed E-state index contributed by atoms with van der Waals surface area (Å²) in [5.74, 6) is -0.885. The summed E-state index contributed by atoms with van der Waals surface area (Å²) in [4.78, 5) is 10.3. The van der Waals surface area contributed by atoms with Crippen LogP contribution >= 0.6 is 0 Å². The highest BCUT2D eigenvalue weighted by Gasteiger charge is 2.10. The molecule has 0 rings (SSSR count). The Kier molecular flexibility index (Phi) is 4.19.